The molecule has 0 saturated carbocycles. The van der Waals surface area contributed by atoms with Crippen LogP contribution in [0.3, 0.4) is 0 Å². The first-order chi connectivity index (χ1) is 7.05. The Kier molecular flexibility index (Phi) is 7.07. The van der Waals surface area contributed by atoms with E-state index in [1.54, 1.807) is 7.11 Å². The maximum absolute atomic E-state index is 5.34. The van der Waals surface area contributed by atoms with Crippen molar-refractivity contribution in [2.75, 3.05) is 26.8 Å². The van der Waals surface area contributed by atoms with Crippen molar-refractivity contribution in [3.05, 3.63) is 0 Å². The van der Waals surface area contributed by atoms with Crippen molar-refractivity contribution < 1.29 is 4.74 Å². The van der Waals surface area contributed by atoms with Crippen LogP contribution in [0.4, 0.5) is 0 Å². The van der Waals surface area contributed by atoms with Gasteiger partial charge >= 0.3 is 0 Å². The van der Waals surface area contributed by atoms with Gasteiger partial charge in [-0.25, -0.2) is 5.84 Å². The van der Waals surface area contributed by atoms with Crippen LogP contribution in [-0.4, -0.2) is 32.8 Å². The molecule has 0 spiro atoms. The Morgan fingerprint density at radius 3 is 2.60 bits per heavy atom. The van der Waals surface area contributed by atoms with Gasteiger partial charge in [-0.3, -0.25) is 10.4 Å². The molecule has 0 aromatic rings. The molecule has 0 aromatic heterocycles. The van der Waals surface area contributed by atoms with Crippen molar-refractivity contribution in [1.29, 1.82) is 0 Å². The standard InChI is InChI=1S/C10H24N4O/c1-5-10(2,3)8-13-9(14-11)12-6-7-15-4/h5-8,11H2,1-4H3,(H2,12,13,14). The summed E-state index contributed by atoms with van der Waals surface area (Å²) in [5.74, 6) is 5.96. The zero-order valence-corrected chi connectivity index (χ0v) is 10.3. The topological polar surface area (TPSA) is 71.7 Å². The minimum Gasteiger partial charge on any atom is -0.383 e. The number of hydrogen-bond acceptors (Lipinski definition) is 3. The zero-order valence-electron chi connectivity index (χ0n) is 10.3. The summed E-state index contributed by atoms with van der Waals surface area (Å²) in [6.07, 6.45) is 1.09. The second-order valence-corrected chi connectivity index (χ2v) is 4.25. The summed E-state index contributed by atoms with van der Waals surface area (Å²) in [5.41, 5.74) is 2.75. The monoisotopic (exact) mass is 216 g/mol. The minimum absolute atomic E-state index is 0.213. The van der Waals surface area contributed by atoms with Crippen LogP contribution >= 0.6 is 0 Å². The molecule has 0 fully saturated rings. The average Bonchev–Trinajstić information content (AvgIpc) is 2.23. The van der Waals surface area contributed by atoms with E-state index in [-0.39, 0.29) is 5.41 Å². The predicted octanol–water partition coefficient (Wildman–Crippen LogP) is 0.478. The van der Waals surface area contributed by atoms with E-state index in [1.165, 1.54) is 0 Å². The van der Waals surface area contributed by atoms with Crippen molar-refractivity contribution in [3.63, 3.8) is 0 Å². The van der Waals surface area contributed by atoms with Crippen LogP contribution in [0.1, 0.15) is 27.2 Å². The number of nitrogens with two attached hydrogens (primary N) is 1. The van der Waals surface area contributed by atoms with Crippen molar-refractivity contribution in [2.45, 2.75) is 27.2 Å². The van der Waals surface area contributed by atoms with E-state index in [9.17, 15) is 0 Å². The lowest BCUT2D eigenvalue weighted by Gasteiger charge is -2.20. The largest absolute Gasteiger partial charge is 0.383 e. The number of aliphatic imine (C=N–C) groups is 1. The molecule has 0 bridgehead atoms. The van der Waals surface area contributed by atoms with Gasteiger partial charge in [0.25, 0.3) is 0 Å². The summed E-state index contributed by atoms with van der Waals surface area (Å²) in [5, 5.41) is 3.06. The number of hydrogen-bond donors (Lipinski definition) is 3. The lowest BCUT2D eigenvalue weighted by atomic mass is 9.91. The summed E-state index contributed by atoms with van der Waals surface area (Å²) in [7, 11) is 1.66. The van der Waals surface area contributed by atoms with E-state index in [4.69, 9.17) is 10.6 Å². The quantitative estimate of drug-likeness (QED) is 0.198. The van der Waals surface area contributed by atoms with Crippen LogP contribution in [0.15, 0.2) is 4.99 Å². The first kappa shape index (κ1) is 14.2. The smallest absolute Gasteiger partial charge is 0.205 e. The molecule has 0 unspecified atom stereocenters. The van der Waals surface area contributed by atoms with Crippen molar-refractivity contribution in [1.82, 2.24) is 10.7 Å². The van der Waals surface area contributed by atoms with Gasteiger partial charge < -0.3 is 10.1 Å². The van der Waals surface area contributed by atoms with E-state index < -0.39 is 0 Å². The number of methoxy groups -OCH3 is 1. The number of nitrogens with zero attached hydrogens (tertiary/aromatic N) is 1. The third-order valence-corrected chi connectivity index (χ3v) is 2.36. The molecular formula is C10H24N4O. The van der Waals surface area contributed by atoms with Crippen molar-refractivity contribution in [3.8, 4) is 0 Å². The number of nitrogens with one attached hydrogen (secondary N) is 2. The first-order valence-electron chi connectivity index (χ1n) is 5.29. The lowest BCUT2D eigenvalue weighted by Crippen LogP contribution is -2.43. The van der Waals surface area contributed by atoms with Crippen molar-refractivity contribution in [2.24, 2.45) is 16.3 Å². The molecule has 0 rings (SSSR count). The van der Waals surface area contributed by atoms with Gasteiger partial charge in [0.2, 0.25) is 5.96 Å². The van der Waals surface area contributed by atoms with Gasteiger partial charge in [-0.05, 0) is 11.8 Å². The van der Waals surface area contributed by atoms with Crippen LogP contribution in [-0.2, 0) is 4.74 Å². The van der Waals surface area contributed by atoms with Gasteiger partial charge in [0.1, 0.15) is 0 Å². The summed E-state index contributed by atoms with van der Waals surface area (Å²) in [6, 6.07) is 0. The molecule has 0 aliphatic heterocycles. The molecule has 0 aliphatic rings. The Morgan fingerprint density at radius 1 is 1.47 bits per heavy atom. The van der Waals surface area contributed by atoms with E-state index in [0.29, 0.717) is 19.1 Å². The fraction of sp³-hybridized carbons (Fsp3) is 0.900. The second-order valence-electron chi connectivity index (χ2n) is 4.25. The van der Waals surface area contributed by atoms with E-state index in [0.717, 1.165) is 13.0 Å². The first-order valence-corrected chi connectivity index (χ1v) is 5.29. The van der Waals surface area contributed by atoms with Crippen LogP contribution < -0.4 is 16.6 Å². The second kappa shape index (κ2) is 7.48. The van der Waals surface area contributed by atoms with Gasteiger partial charge in [-0.2, -0.15) is 0 Å². The lowest BCUT2D eigenvalue weighted by molar-refractivity contribution is 0.203. The third-order valence-electron chi connectivity index (χ3n) is 2.36. The highest BCUT2D eigenvalue weighted by atomic mass is 16.5. The number of hydrazine groups is 1. The molecule has 0 radical (unpaired) electrons. The molecular weight excluding hydrogens is 192 g/mol. The van der Waals surface area contributed by atoms with Crippen LogP contribution in [0.5, 0.6) is 0 Å². The van der Waals surface area contributed by atoms with Crippen molar-refractivity contribution >= 4 is 5.96 Å². The SMILES string of the molecule is CCC(C)(C)CN=C(NN)NCCOC. The summed E-state index contributed by atoms with van der Waals surface area (Å²) >= 11 is 0. The third kappa shape index (κ3) is 7.16. The van der Waals surface area contributed by atoms with E-state index in [2.05, 4.69) is 36.5 Å². The van der Waals surface area contributed by atoms with E-state index in [1.807, 2.05) is 0 Å². The molecule has 0 saturated heterocycles. The highest BCUT2D eigenvalue weighted by Crippen LogP contribution is 2.19. The molecule has 0 atom stereocenters. The fourth-order valence-corrected chi connectivity index (χ4v) is 0.829. The highest BCUT2D eigenvalue weighted by Gasteiger charge is 2.14. The molecule has 15 heavy (non-hydrogen) atoms. The zero-order chi connectivity index (χ0) is 11.7. The normalized spacial score (nSPS) is 12.7. The Bertz CT molecular complexity index is 192. The Hall–Kier alpha value is -0.810. The molecule has 0 heterocycles. The van der Waals surface area contributed by atoms with Gasteiger partial charge in [0.05, 0.1) is 6.61 Å². The summed E-state index contributed by atoms with van der Waals surface area (Å²) in [6.45, 7) is 8.61. The summed E-state index contributed by atoms with van der Waals surface area (Å²) in [4.78, 5) is 4.37. The van der Waals surface area contributed by atoms with Gasteiger partial charge in [0, 0.05) is 20.2 Å². The maximum Gasteiger partial charge on any atom is 0.205 e. The highest BCUT2D eigenvalue weighted by molar-refractivity contribution is 5.79. The number of guanidine groups is 1. The summed E-state index contributed by atoms with van der Waals surface area (Å²) < 4.78 is 4.92. The molecule has 5 heteroatoms. The molecule has 0 aliphatic carbocycles. The Balaban J connectivity index is 3.99. The predicted molar refractivity (Wildman–Crippen MR) is 63.6 cm³/mol. The van der Waals surface area contributed by atoms with Gasteiger partial charge in [-0.1, -0.05) is 20.8 Å². The maximum atomic E-state index is 5.34. The van der Waals surface area contributed by atoms with Crippen LogP contribution in [0.25, 0.3) is 0 Å². The van der Waals surface area contributed by atoms with Gasteiger partial charge in [0.15, 0.2) is 0 Å². The molecule has 0 amide bonds. The number of ether oxygens (including phenoxy) is 1. The van der Waals surface area contributed by atoms with Crippen LogP contribution in [0.2, 0.25) is 0 Å². The van der Waals surface area contributed by atoms with Gasteiger partial charge in [-0.15, -0.1) is 0 Å². The molecule has 90 valence electrons. The average molecular weight is 216 g/mol. The Morgan fingerprint density at radius 2 is 2.13 bits per heavy atom. The molecule has 5 nitrogen and oxygen atoms in total. The Labute approximate surface area is 92.4 Å². The minimum atomic E-state index is 0.213. The number of rotatable bonds is 6. The molecule has 4 N–H and O–H groups in total. The van der Waals surface area contributed by atoms with E-state index >= 15 is 0 Å². The van der Waals surface area contributed by atoms with Crippen LogP contribution in [0, 0.1) is 5.41 Å². The fourth-order valence-electron chi connectivity index (χ4n) is 0.829. The molecule has 0 aromatic carbocycles.